The number of likely N-dealkylation sites (N-methyl/N-ethyl adjacent to an activating group) is 1. The van der Waals surface area contributed by atoms with Gasteiger partial charge in [-0.15, -0.1) is 0 Å². The number of nitrogens with one attached hydrogen (secondary N) is 3. The van der Waals surface area contributed by atoms with Gasteiger partial charge in [0.05, 0.1) is 35.2 Å². The average Bonchev–Trinajstić information content (AvgIpc) is 3.62. The standard InChI is InChI=1S/C45H55ClN12O5/c1-27(28-9-15-57(16-10-28)31-5-6-32-35(23-31)55(4)53-39(32)33-7-8-37(59)51-42(33)61)56-17-11-45(12-18-56)13-19-58(20-14-45)44-49-25-34(46)40(52-44)50-30-21-29-22-36(63-26-38(60)47-2)43(62)54(3)41(29)48-24-30/h5-6,21-25,27-28,33H,7-20,26H2,1-4H3,(H,47,60)(H,49,50,52)(H,51,59,61)/t27-,33?/m1/s1. The molecule has 1 unspecified atom stereocenters. The lowest BCUT2D eigenvalue weighted by Gasteiger charge is -2.49. The Bertz CT molecular complexity index is 2620. The first kappa shape index (κ1) is 42.5. The third-order valence-corrected chi connectivity index (χ3v) is 14.5. The number of piperidine rings is 4. The Morgan fingerprint density at radius 3 is 2.43 bits per heavy atom. The zero-order valence-corrected chi connectivity index (χ0v) is 37.1. The molecule has 332 valence electrons. The normalized spacial score (nSPS) is 20.3. The van der Waals surface area contributed by atoms with Crippen molar-refractivity contribution in [1.29, 1.82) is 0 Å². The van der Waals surface area contributed by atoms with Crippen LogP contribution in [-0.2, 0) is 28.5 Å². The molecule has 17 nitrogen and oxygen atoms in total. The van der Waals surface area contributed by atoms with Crippen molar-refractivity contribution < 1.29 is 19.1 Å². The minimum absolute atomic E-state index is 0.0535. The molecule has 8 heterocycles. The smallest absolute Gasteiger partial charge is 0.294 e. The Morgan fingerprint density at radius 1 is 0.952 bits per heavy atom. The first-order valence-electron chi connectivity index (χ1n) is 22.1. The minimum atomic E-state index is -0.404. The van der Waals surface area contributed by atoms with Gasteiger partial charge in [0, 0.05) is 76.2 Å². The number of rotatable bonds is 10. The van der Waals surface area contributed by atoms with E-state index in [9.17, 15) is 19.2 Å². The van der Waals surface area contributed by atoms with E-state index in [-0.39, 0.29) is 35.6 Å². The van der Waals surface area contributed by atoms with Crippen molar-refractivity contribution >= 4 is 74.4 Å². The molecule has 4 aliphatic heterocycles. The van der Waals surface area contributed by atoms with Gasteiger partial charge in [0.25, 0.3) is 11.5 Å². The van der Waals surface area contributed by atoms with Gasteiger partial charge < -0.3 is 30.1 Å². The summed E-state index contributed by atoms with van der Waals surface area (Å²) in [6, 6.07) is 10.4. The van der Waals surface area contributed by atoms with Crippen LogP contribution < -0.4 is 36.0 Å². The van der Waals surface area contributed by atoms with Gasteiger partial charge in [-0.1, -0.05) is 11.6 Å². The van der Waals surface area contributed by atoms with Crippen LogP contribution in [0.4, 0.5) is 23.1 Å². The molecule has 4 aromatic heterocycles. The molecule has 1 spiro atoms. The van der Waals surface area contributed by atoms with E-state index in [1.54, 1.807) is 25.5 Å². The summed E-state index contributed by atoms with van der Waals surface area (Å²) in [5.74, 6) is 0.583. The Kier molecular flexibility index (Phi) is 11.7. The lowest BCUT2D eigenvalue weighted by atomic mass is 9.70. The van der Waals surface area contributed by atoms with E-state index in [0.29, 0.717) is 63.7 Å². The Hall–Kier alpha value is -5.81. The number of fused-ring (bicyclic) bond motifs is 2. The number of nitrogens with zero attached hydrogens (tertiary/aromatic N) is 9. The molecular formula is C45H55ClN12O5. The van der Waals surface area contributed by atoms with Crippen molar-refractivity contribution in [3.63, 3.8) is 0 Å². The molecule has 4 fully saturated rings. The van der Waals surface area contributed by atoms with Gasteiger partial charge in [0.1, 0.15) is 10.7 Å². The number of carbonyl (C=O) groups is 3. The summed E-state index contributed by atoms with van der Waals surface area (Å²) in [7, 11) is 5.05. The third-order valence-electron chi connectivity index (χ3n) is 14.2. The van der Waals surface area contributed by atoms with Crippen molar-refractivity contribution in [2.75, 3.05) is 68.0 Å². The number of ether oxygens (including phenoxy) is 1. The molecule has 4 saturated heterocycles. The molecule has 5 aromatic rings. The van der Waals surface area contributed by atoms with Gasteiger partial charge in [0.15, 0.2) is 18.2 Å². The molecule has 0 saturated carbocycles. The van der Waals surface area contributed by atoms with Gasteiger partial charge in [-0.05, 0) is 107 Å². The number of aryl methyl sites for hydroxylation is 2. The number of carbonyl (C=O) groups excluding carboxylic acids is 3. The van der Waals surface area contributed by atoms with Crippen LogP contribution >= 0.6 is 11.6 Å². The van der Waals surface area contributed by atoms with Gasteiger partial charge in [-0.25, -0.2) is 9.97 Å². The lowest BCUT2D eigenvalue weighted by molar-refractivity contribution is -0.134. The number of halogens is 1. The summed E-state index contributed by atoms with van der Waals surface area (Å²) in [6.07, 6.45) is 11.0. The van der Waals surface area contributed by atoms with Crippen LogP contribution in [0.2, 0.25) is 5.02 Å². The Balaban J connectivity index is 0.770. The fraction of sp³-hybridized carbons (Fsp3) is 0.511. The van der Waals surface area contributed by atoms with E-state index in [1.807, 2.05) is 17.8 Å². The summed E-state index contributed by atoms with van der Waals surface area (Å²) < 4.78 is 8.76. The number of likely N-dealkylation sites (tertiary alicyclic amines) is 1. The molecular weight excluding hydrogens is 824 g/mol. The van der Waals surface area contributed by atoms with Crippen LogP contribution in [0.5, 0.6) is 5.75 Å². The van der Waals surface area contributed by atoms with E-state index >= 15 is 0 Å². The Morgan fingerprint density at radius 2 is 1.70 bits per heavy atom. The highest BCUT2D eigenvalue weighted by Crippen LogP contribution is 2.43. The highest BCUT2D eigenvalue weighted by atomic mass is 35.5. The number of anilines is 4. The minimum Gasteiger partial charge on any atom is -0.478 e. The topological polar surface area (TPSA) is 185 Å². The number of amides is 3. The zero-order valence-electron chi connectivity index (χ0n) is 36.3. The first-order chi connectivity index (χ1) is 30.4. The second kappa shape index (κ2) is 17.4. The molecule has 3 N–H and O–H groups in total. The quantitative estimate of drug-likeness (QED) is 0.165. The van der Waals surface area contributed by atoms with Gasteiger partial charge in [-0.2, -0.15) is 10.1 Å². The van der Waals surface area contributed by atoms with Crippen LogP contribution in [0.1, 0.15) is 69.9 Å². The molecule has 0 radical (unpaired) electrons. The fourth-order valence-electron chi connectivity index (χ4n) is 10.2. The highest BCUT2D eigenvalue weighted by Gasteiger charge is 2.40. The number of aromatic nitrogens is 6. The fourth-order valence-corrected chi connectivity index (χ4v) is 10.3. The third kappa shape index (κ3) is 8.52. The van der Waals surface area contributed by atoms with Crippen LogP contribution in [0.25, 0.3) is 21.9 Å². The molecule has 18 heteroatoms. The molecule has 9 rings (SSSR count). The van der Waals surface area contributed by atoms with E-state index in [4.69, 9.17) is 26.4 Å². The molecule has 1 aromatic carbocycles. The number of imide groups is 1. The van der Waals surface area contributed by atoms with E-state index in [1.165, 1.54) is 30.1 Å². The Labute approximate surface area is 370 Å². The largest absolute Gasteiger partial charge is 0.478 e. The molecule has 0 aliphatic carbocycles. The van der Waals surface area contributed by atoms with E-state index in [0.717, 1.165) is 81.5 Å². The number of hydrogen-bond acceptors (Lipinski definition) is 13. The maximum Gasteiger partial charge on any atom is 0.294 e. The SMILES string of the molecule is CNC(=O)COc1cc2cc(Nc3nc(N4CCC5(CC4)CCN([C@H](C)C4CCN(c6ccc7c(C8CCC(=O)NC8=O)nn(C)c7c6)CC4)CC5)ncc3Cl)cnc2n(C)c1=O. The second-order valence-corrected chi connectivity index (χ2v) is 18.2. The number of pyridine rings is 2. The van der Waals surface area contributed by atoms with Crippen LogP contribution in [-0.4, -0.2) is 111 Å². The van der Waals surface area contributed by atoms with Crippen LogP contribution in [0.15, 0.2) is 47.5 Å². The molecule has 2 atom stereocenters. The average molecular weight is 879 g/mol. The number of benzene rings is 1. The predicted molar refractivity (Wildman–Crippen MR) is 242 cm³/mol. The van der Waals surface area contributed by atoms with Gasteiger partial charge in [-0.3, -0.25) is 33.7 Å². The summed E-state index contributed by atoms with van der Waals surface area (Å²) in [5, 5.41) is 15.0. The molecule has 0 bridgehead atoms. The van der Waals surface area contributed by atoms with Gasteiger partial charge in [0.2, 0.25) is 17.8 Å². The van der Waals surface area contributed by atoms with Gasteiger partial charge >= 0.3 is 0 Å². The van der Waals surface area contributed by atoms with Crippen molar-refractivity contribution in [3.8, 4) is 5.75 Å². The van der Waals surface area contributed by atoms with Crippen LogP contribution in [0, 0.1) is 11.3 Å². The zero-order chi connectivity index (χ0) is 44.0. The van der Waals surface area contributed by atoms with E-state index in [2.05, 4.69) is 65.7 Å². The lowest BCUT2D eigenvalue weighted by Crippen LogP contribution is -2.51. The predicted octanol–water partition coefficient (Wildman–Crippen LogP) is 4.64. The van der Waals surface area contributed by atoms with Crippen molar-refractivity contribution in [3.05, 3.63) is 63.8 Å². The number of hydrogen-bond donors (Lipinski definition) is 3. The summed E-state index contributed by atoms with van der Waals surface area (Å²) >= 11 is 6.60. The van der Waals surface area contributed by atoms with Crippen molar-refractivity contribution in [2.45, 2.75) is 70.3 Å². The van der Waals surface area contributed by atoms with Crippen LogP contribution in [0.3, 0.4) is 0 Å². The highest BCUT2D eigenvalue weighted by molar-refractivity contribution is 6.33. The summed E-state index contributed by atoms with van der Waals surface area (Å²) in [4.78, 5) is 70.3. The maximum absolute atomic E-state index is 12.8. The molecule has 3 amide bonds. The summed E-state index contributed by atoms with van der Waals surface area (Å²) in [6.45, 7) is 8.17. The van der Waals surface area contributed by atoms with E-state index < -0.39 is 5.92 Å². The molecule has 63 heavy (non-hydrogen) atoms. The first-order valence-corrected chi connectivity index (χ1v) is 22.4. The molecule has 4 aliphatic rings. The summed E-state index contributed by atoms with van der Waals surface area (Å²) in [5.41, 5.74) is 3.98. The van der Waals surface area contributed by atoms with Crippen molar-refractivity contribution in [1.82, 2.24) is 44.8 Å². The second-order valence-electron chi connectivity index (χ2n) is 17.8. The monoisotopic (exact) mass is 878 g/mol. The van der Waals surface area contributed by atoms with Crippen molar-refractivity contribution in [2.24, 2.45) is 25.4 Å². The maximum atomic E-state index is 12.8.